The van der Waals surface area contributed by atoms with E-state index >= 15 is 0 Å². The van der Waals surface area contributed by atoms with Crippen LogP contribution < -0.4 is 5.32 Å². The summed E-state index contributed by atoms with van der Waals surface area (Å²) in [4.78, 5) is 23.4. The van der Waals surface area contributed by atoms with Crippen molar-refractivity contribution in [1.29, 1.82) is 0 Å². The minimum Gasteiger partial charge on any atom is -0.480 e. The van der Waals surface area contributed by atoms with Crippen LogP contribution in [0.25, 0.3) is 0 Å². The fourth-order valence-corrected chi connectivity index (χ4v) is 1.78. The van der Waals surface area contributed by atoms with E-state index in [0.29, 0.717) is 12.0 Å². The summed E-state index contributed by atoms with van der Waals surface area (Å²) in [5.41, 5.74) is 1.01. The molecule has 1 aromatic carbocycles. The van der Waals surface area contributed by atoms with Crippen LogP contribution in [0.2, 0.25) is 0 Å². The maximum atomic E-state index is 12.2. The van der Waals surface area contributed by atoms with Gasteiger partial charge in [0.15, 0.2) is 0 Å². The molecule has 0 aromatic heterocycles. The van der Waals surface area contributed by atoms with E-state index < -0.39 is 11.5 Å². The standard InChI is InChI=1S/C14H19NO3/c1-5-14(4,13(17)18)15-12(16)11-9(2)7-6-8-10(11)3/h6-8H,5H2,1-4H3,(H,15,16)(H,17,18). The highest BCUT2D eigenvalue weighted by molar-refractivity contribution is 5.99. The van der Waals surface area contributed by atoms with E-state index in [9.17, 15) is 9.59 Å². The van der Waals surface area contributed by atoms with Crippen molar-refractivity contribution in [1.82, 2.24) is 5.32 Å². The van der Waals surface area contributed by atoms with Gasteiger partial charge in [-0.3, -0.25) is 4.79 Å². The molecule has 0 heterocycles. The lowest BCUT2D eigenvalue weighted by molar-refractivity contribution is -0.143. The first-order chi connectivity index (χ1) is 8.31. The van der Waals surface area contributed by atoms with Crippen molar-refractivity contribution in [3.8, 4) is 0 Å². The summed E-state index contributed by atoms with van der Waals surface area (Å²) in [5, 5.41) is 11.8. The maximum absolute atomic E-state index is 12.2. The number of rotatable bonds is 4. The second kappa shape index (κ2) is 5.21. The van der Waals surface area contributed by atoms with Gasteiger partial charge in [-0.05, 0) is 38.3 Å². The highest BCUT2D eigenvalue weighted by atomic mass is 16.4. The van der Waals surface area contributed by atoms with Gasteiger partial charge in [0.25, 0.3) is 5.91 Å². The normalized spacial score (nSPS) is 13.8. The van der Waals surface area contributed by atoms with E-state index in [-0.39, 0.29) is 5.91 Å². The molecule has 0 saturated carbocycles. The number of aryl methyl sites for hydroxylation is 2. The predicted molar refractivity (Wildman–Crippen MR) is 69.7 cm³/mol. The quantitative estimate of drug-likeness (QED) is 0.860. The van der Waals surface area contributed by atoms with Crippen molar-refractivity contribution in [3.63, 3.8) is 0 Å². The smallest absolute Gasteiger partial charge is 0.329 e. The third-order valence-electron chi connectivity index (χ3n) is 3.28. The SMILES string of the molecule is CCC(C)(NC(=O)c1c(C)cccc1C)C(=O)O. The highest BCUT2D eigenvalue weighted by Crippen LogP contribution is 2.16. The Balaban J connectivity index is 3.06. The first kappa shape index (κ1) is 14.2. The summed E-state index contributed by atoms with van der Waals surface area (Å²) >= 11 is 0. The summed E-state index contributed by atoms with van der Waals surface area (Å²) in [7, 11) is 0. The van der Waals surface area contributed by atoms with Crippen molar-refractivity contribution in [3.05, 3.63) is 34.9 Å². The monoisotopic (exact) mass is 249 g/mol. The molecule has 0 saturated heterocycles. The average molecular weight is 249 g/mol. The Hall–Kier alpha value is -1.84. The number of hydrogen-bond donors (Lipinski definition) is 2. The molecule has 1 amide bonds. The van der Waals surface area contributed by atoms with Crippen molar-refractivity contribution >= 4 is 11.9 Å². The van der Waals surface area contributed by atoms with Crippen LogP contribution in [-0.2, 0) is 4.79 Å². The van der Waals surface area contributed by atoms with Gasteiger partial charge in [-0.15, -0.1) is 0 Å². The first-order valence-electron chi connectivity index (χ1n) is 5.94. The lowest BCUT2D eigenvalue weighted by Gasteiger charge is -2.25. The van der Waals surface area contributed by atoms with Gasteiger partial charge >= 0.3 is 5.97 Å². The number of nitrogens with one attached hydrogen (secondary N) is 1. The third-order valence-corrected chi connectivity index (χ3v) is 3.28. The molecule has 0 bridgehead atoms. The molecule has 4 nitrogen and oxygen atoms in total. The highest BCUT2D eigenvalue weighted by Gasteiger charge is 2.33. The lowest BCUT2D eigenvalue weighted by atomic mass is 9.96. The molecule has 1 unspecified atom stereocenters. The molecule has 18 heavy (non-hydrogen) atoms. The molecular formula is C14H19NO3. The number of benzene rings is 1. The summed E-state index contributed by atoms with van der Waals surface area (Å²) < 4.78 is 0. The van der Waals surface area contributed by atoms with Crippen LogP contribution in [-0.4, -0.2) is 22.5 Å². The molecule has 1 aromatic rings. The minimum absolute atomic E-state index is 0.332. The summed E-state index contributed by atoms with van der Waals surface area (Å²) in [5.74, 6) is -1.36. The fraction of sp³-hybridized carbons (Fsp3) is 0.429. The van der Waals surface area contributed by atoms with E-state index in [1.54, 1.807) is 6.92 Å². The lowest BCUT2D eigenvalue weighted by Crippen LogP contribution is -2.51. The van der Waals surface area contributed by atoms with Crippen molar-refractivity contribution < 1.29 is 14.7 Å². The van der Waals surface area contributed by atoms with Gasteiger partial charge < -0.3 is 10.4 Å². The number of carboxylic acid groups (broad SMARTS) is 1. The van der Waals surface area contributed by atoms with Gasteiger partial charge in [-0.25, -0.2) is 4.79 Å². The van der Waals surface area contributed by atoms with Gasteiger partial charge in [0.1, 0.15) is 5.54 Å². The third kappa shape index (κ3) is 2.70. The predicted octanol–water partition coefficient (Wildman–Crippen LogP) is 2.29. The van der Waals surface area contributed by atoms with Crippen LogP contribution >= 0.6 is 0 Å². The molecule has 0 fully saturated rings. The zero-order valence-electron chi connectivity index (χ0n) is 11.2. The Kier molecular flexibility index (Phi) is 4.11. The second-order valence-corrected chi connectivity index (χ2v) is 4.71. The van der Waals surface area contributed by atoms with E-state index in [4.69, 9.17) is 5.11 Å². The Bertz CT molecular complexity index is 462. The molecule has 0 aliphatic heterocycles. The van der Waals surface area contributed by atoms with Crippen LogP contribution in [0.5, 0.6) is 0 Å². The molecule has 1 rings (SSSR count). The largest absolute Gasteiger partial charge is 0.480 e. The Morgan fingerprint density at radius 3 is 2.17 bits per heavy atom. The van der Waals surface area contributed by atoms with Gasteiger partial charge in [-0.1, -0.05) is 25.1 Å². The van der Waals surface area contributed by atoms with Crippen molar-refractivity contribution in [2.45, 2.75) is 39.7 Å². The van der Waals surface area contributed by atoms with Crippen LogP contribution in [0.4, 0.5) is 0 Å². The molecule has 0 radical (unpaired) electrons. The first-order valence-corrected chi connectivity index (χ1v) is 5.94. The van der Waals surface area contributed by atoms with Gasteiger partial charge in [-0.2, -0.15) is 0 Å². The average Bonchev–Trinajstić information content (AvgIpc) is 2.28. The van der Waals surface area contributed by atoms with Gasteiger partial charge in [0, 0.05) is 5.56 Å². The van der Waals surface area contributed by atoms with Gasteiger partial charge in [0.05, 0.1) is 0 Å². The van der Waals surface area contributed by atoms with Crippen molar-refractivity contribution in [2.75, 3.05) is 0 Å². The summed E-state index contributed by atoms with van der Waals surface area (Å²) in [6, 6.07) is 5.55. The molecular weight excluding hydrogens is 230 g/mol. The van der Waals surface area contributed by atoms with Gasteiger partial charge in [0.2, 0.25) is 0 Å². The zero-order valence-corrected chi connectivity index (χ0v) is 11.2. The van der Waals surface area contributed by atoms with E-state index in [1.807, 2.05) is 32.0 Å². The Morgan fingerprint density at radius 1 is 1.28 bits per heavy atom. The number of carbonyl (C=O) groups excluding carboxylic acids is 1. The minimum atomic E-state index is -1.23. The number of amides is 1. The molecule has 0 aliphatic rings. The number of carbonyl (C=O) groups is 2. The second-order valence-electron chi connectivity index (χ2n) is 4.71. The topological polar surface area (TPSA) is 66.4 Å². The van der Waals surface area contributed by atoms with E-state index in [2.05, 4.69) is 5.32 Å². The summed E-state index contributed by atoms with van der Waals surface area (Å²) in [6.07, 6.45) is 0.332. The number of aliphatic carboxylic acids is 1. The van der Waals surface area contributed by atoms with Crippen LogP contribution in [0, 0.1) is 13.8 Å². The molecule has 4 heteroatoms. The molecule has 1 atom stereocenters. The molecule has 0 spiro atoms. The molecule has 98 valence electrons. The van der Waals surface area contributed by atoms with E-state index in [1.165, 1.54) is 6.92 Å². The summed E-state index contributed by atoms with van der Waals surface area (Å²) in [6.45, 7) is 6.93. The van der Waals surface area contributed by atoms with Crippen LogP contribution in [0.15, 0.2) is 18.2 Å². The van der Waals surface area contributed by atoms with Crippen LogP contribution in [0.1, 0.15) is 41.8 Å². The van der Waals surface area contributed by atoms with Crippen LogP contribution in [0.3, 0.4) is 0 Å². The molecule has 0 aliphatic carbocycles. The Labute approximate surface area is 107 Å². The van der Waals surface area contributed by atoms with Crippen molar-refractivity contribution in [2.24, 2.45) is 0 Å². The number of hydrogen-bond acceptors (Lipinski definition) is 2. The maximum Gasteiger partial charge on any atom is 0.329 e. The zero-order chi connectivity index (χ0) is 13.9. The fourth-order valence-electron chi connectivity index (χ4n) is 1.78. The number of carboxylic acids is 1. The Morgan fingerprint density at radius 2 is 1.78 bits per heavy atom. The van der Waals surface area contributed by atoms with E-state index in [0.717, 1.165) is 11.1 Å². The molecule has 2 N–H and O–H groups in total.